The van der Waals surface area contributed by atoms with E-state index in [0.29, 0.717) is 0 Å². The highest BCUT2D eigenvalue weighted by molar-refractivity contribution is 6.29. The lowest BCUT2D eigenvalue weighted by Gasteiger charge is -2.30. The first-order chi connectivity index (χ1) is 18.1. The first kappa shape index (κ1) is 33.9. The van der Waals surface area contributed by atoms with E-state index in [1.54, 1.807) is 0 Å². The van der Waals surface area contributed by atoms with Crippen molar-refractivity contribution >= 4 is 11.9 Å². The minimum Gasteiger partial charge on any atom is -0.457 e. The summed E-state index contributed by atoms with van der Waals surface area (Å²) >= 11 is 0. The molecule has 0 unspecified atom stereocenters. The van der Waals surface area contributed by atoms with Crippen molar-refractivity contribution in [2.45, 2.75) is 180 Å². The van der Waals surface area contributed by atoms with Crippen LogP contribution in [-0.2, 0) is 29.1 Å². The van der Waals surface area contributed by atoms with Crippen LogP contribution in [0.3, 0.4) is 0 Å². The number of carbonyl (C=O) groups excluding carboxylic acids is 2. The summed E-state index contributed by atoms with van der Waals surface area (Å²) in [6.45, 7) is 4.42. The van der Waals surface area contributed by atoms with Gasteiger partial charge in [0.2, 0.25) is 0 Å². The largest absolute Gasteiger partial charge is 0.457 e. The number of ether oxygens (including phenoxy) is 1. The van der Waals surface area contributed by atoms with Gasteiger partial charge < -0.3 is 4.74 Å². The van der Waals surface area contributed by atoms with Gasteiger partial charge in [0, 0.05) is 0 Å². The second-order valence-electron chi connectivity index (χ2n) is 11.4. The Balaban J connectivity index is 1.77. The zero-order valence-electron chi connectivity index (χ0n) is 24.3. The van der Waals surface area contributed by atoms with Gasteiger partial charge in [0.15, 0.2) is 0 Å². The maximum Gasteiger partial charge on any atom is 0.453 e. The average molecular weight is 527 g/mol. The Morgan fingerprint density at radius 2 is 0.973 bits per heavy atom. The van der Waals surface area contributed by atoms with Crippen molar-refractivity contribution in [3.8, 4) is 0 Å². The van der Waals surface area contributed by atoms with E-state index in [0.717, 1.165) is 44.9 Å². The second kappa shape index (κ2) is 23.9. The van der Waals surface area contributed by atoms with Gasteiger partial charge in [-0.25, -0.2) is 9.59 Å². The van der Waals surface area contributed by atoms with E-state index in [1.807, 2.05) is 6.92 Å². The van der Waals surface area contributed by atoms with Gasteiger partial charge in [-0.05, 0) is 31.2 Å². The minimum absolute atomic E-state index is 0.228. The monoisotopic (exact) mass is 526 g/mol. The van der Waals surface area contributed by atoms with Crippen molar-refractivity contribution in [2.75, 3.05) is 6.61 Å². The summed E-state index contributed by atoms with van der Waals surface area (Å²) in [6, 6.07) is 0. The fraction of sp³-hybridized carbons (Fsp3) is 0.935. The number of hydrogen-bond donors (Lipinski definition) is 0. The number of rotatable bonds is 24. The van der Waals surface area contributed by atoms with Gasteiger partial charge >= 0.3 is 11.9 Å². The van der Waals surface area contributed by atoms with Crippen LogP contribution in [0.5, 0.6) is 0 Å². The third-order valence-corrected chi connectivity index (χ3v) is 7.65. The number of unbranched alkanes of at least 4 members (excludes halogenated alkanes) is 19. The topological polar surface area (TPSA) is 71.1 Å². The quantitative estimate of drug-likeness (QED) is 0.0410. The molecular weight excluding hydrogens is 468 g/mol. The first-order valence-corrected chi connectivity index (χ1v) is 15.8. The van der Waals surface area contributed by atoms with Crippen LogP contribution in [0.4, 0.5) is 0 Å². The van der Waals surface area contributed by atoms with Crippen molar-refractivity contribution in [3.63, 3.8) is 0 Å². The van der Waals surface area contributed by atoms with Crippen LogP contribution in [0, 0.1) is 0 Å². The molecule has 1 saturated carbocycles. The van der Waals surface area contributed by atoms with Gasteiger partial charge in [-0.1, -0.05) is 148 Å². The Morgan fingerprint density at radius 3 is 1.41 bits per heavy atom. The highest BCUT2D eigenvalue weighted by Crippen LogP contribution is 2.31. The molecule has 1 fully saturated rings. The highest BCUT2D eigenvalue weighted by Gasteiger charge is 2.30. The molecule has 218 valence electrons. The molecule has 0 aromatic rings. The average Bonchev–Trinajstić information content (AvgIpc) is 2.89. The number of hydrogen-bond acceptors (Lipinski definition) is 6. The SMILES string of the molecule is CCCCCCCCCCCCCCCCCCCCCCOC(=O)C(=O)OOOC1(C)CCCCC1. The summed E-state index contributed by atoms with van der Waals surface area (Å²) in [5.74, 6) is -2.21. The molecule has 0 aromatic carbocycles. The molecule has 0 N–H and O–H groups in total. The van der Waals surface area contributed by atoms with Crippen LogP contribution in [0.15, 0.2) is 0 Å². The number of esters is 1. The Kier molecular flexibility index (Phi) is 21.9. The first-order valence-electron chi connectivity index (χ1n) is 15.8. The van der Waals surface area contributed by atoms with Gasteiger partial charge in [-0.15, -0.1) is 0 Å². The minimum atomic E-state index is -1.17. The Bertz CT molecular complexity index is 544. The Morgan fingerprint density at radius 1 is 0.568 bits per heavy atom. The summed E-state index contributed by atoms with van der Waals surface area (Å²) in [4.78, 5) is 32.9. The van der Waals surface area contributed by atoms with E-state index in [4.69, 9.17) is 9.62 Å². The molecule has 0 atom stereocenters. The zero-order valence-corrected chi connectivity index (χ0v) is 24.3. The fourth-order valence-electron chi connectivity index (χ4n) is 5.13. The van der Waals surface area contributed by atoms with E-state index in [9.17, 15) is 9.59 Å². The van der Waals surface area contributed by atoms with Crippen molar-refractivity contribution < 1.29 is 29.1 Å². The highest BCUT2D eigenvalue weighted by atomic mass is 17.5. The molecule has 0 radical (unpaired) electrons. The van der Waals surface area contributed by atoms with Gasteiger partial charge in [-0.3, -0.25) is 4.89 Å². The van der Waals surface area contributed by atoms with Crippen molar-refractivity contribution in [1.29, 1.82) is 0 Å². The van der Waals surface area contributed by atoms with Gasteiger partial charge in [0.25, 0.3) is 0 Å². The summed E-state index contributed by atoms with van der Waals surface area (Å²) in [5.41, 5.74) is -0.463. The molecule has 0 aliphatic heterocycles. The van der Waals surface area contributed by atoms with E-state index in [-0.39, 0.29) is 6.61 Å². The molecule has 1 aliphatic carbocycles. The molecule has 0 spiro atoms. The number of carbonyl (C=O) groups is 2. The molecule has 37 heavy (non-hydrogen) atoms. The maximum atomic E-state index is 11.7. The van der Waals surface area contributed by atoms with Gasteiger partial charge in [0.05, 0.1) is 6.61 Å². The summed E-state index contributed by atoms with van der Waals surface area (Å²) in [7, 11) is 0. The molecule has 6 nitrogen and oxygen atoms in total. The molecule has 6 heteroatoms. The van der Waals surface area contributed by atoms with Crippen molar-refractivity contribution in [2.24, 2.45) is 0 Å². The Labute approximate surface area is 227 Å². The third kappa shape index (κ3) is 20.5. The second-order valence-corrected chi connectivity index (χ2v) is 11.4. The van der Waals surface area contributed by atoms with Crippen LogP contribution >= 0.6 is 0 Å². The van der Waals surface area contributed by atoms with Gasteiger partial charge in [0.1, 0.15) is 5.60 Å². The van der Waals surface area contributed by atoms with E-state index in [2.05, 4.69) is 16.8 Å². The molecule has 0 saturated heterocycles. The summed E-state index contributed by atoms with van der Waals surface area (Å²) < 4.78 is 4.96. The predicted molar refractivity (Wildman–Crippen MR) is 149 cm³/mol. The van der Waals surface area contributed by atoms with E-state index in [1.165, 1.54) is 116 Å². The molecule has 1 aliphatic rings. The zero-order chi connectivity index (χ0) is 26.9. The van der Waals surface area contributed by atoms with Crippen LogP contribution in [0.1, 0.15) is 174 Å². The predicted octanol–water partition coefficient (Wildman–Crippen LogP) is 9.48. The normalized spacial score (nSPS) is 15.0. The Hall–Kier alpha value is -1.14. The van der Waals surface area contributed by atoms with Gasteiger partial charge in [-0.2, -0.15) is 4.89 Å². The molecule has 0 amide bonds. The molecule has 1 rings (SSSR count). The fourth-order valence-corrected chi connectivity index (χ4v) is 5.13. The van der Waals surface area contributed by atoms with Crippen LogP contribution in [-0.4, -0.2) is 24.1 Å². The summed E-state index contributed by atoms with van der Waals surface area (Å²) in [5, 5.41) is 4.56. The van der Waals surface area contributed by atoms with Crippen LogP contribution in [0.25, 0.3) is 0 Å². The van der Waals surface area contributed by atoms with E-state index >= 15 is 0 Å². The van der Waals surface area contributed by atoms with Crippen LogP contribution < -0.4 is 0 Å². The summed E-state index contributed by atoms with van der Waals surface area (Å²) in [6.07, 6.45) is 31.4. The molecule has 0 heterocycles. The standard InChI is InChI=1S/C31H58O6/c1-3-4-5-6-7-8-9-10-11-12-13-14-15-16-17-18-19-20-21-25-28-34-29(32)30(33)35-37-36-31(2)26-23-22-24-27-31/h3-28H2,1-2H3. The lowest BCUT2D eigenvalue weighted by Crippen LogP contribution is -2.32. The van der Waals surface area contributed by atoms with Crippen molar-refractivity contribution in [3.05, 3.63) is 0 Å². The van der Waals surface area contributed by atoms with Crippen LogP contribution in [0.2, 0.25) is 0 Å². The molecule has 0 aromatic heterocycles. The lowest BCUT2D eigenvalue weighted by atomic mass is 9.87. The van der Waals surface area contributed by atoms with Crippen molar-refractivity contribution in [1.82, 2.24) is 0 Å². The molecule has 0 bridgehead atoms. The van der Waals surface area contributed by atoms with E-state index < -0.39 is 17.5 Å². The third-order valence-electron chi connectivity index (χ3n) is 7.65. The smallest absolute Gasteiger partial charge is 0.453 e. The molecular formula is C31H58O6. The maximum absolute atomic E-state index is 11.7. The lowest BCUT2D eigenvalue weighted by molar-refractivity contribution is -0.519.